The monoisotopic (exact) mass is 323 g/mol. The molecule has 0 bridgehead atoms. The van der Waals surface area contributed by atoms with Gasteiger partial charge in [-0.3, -0.25) is 9.69 Å². The molecular weight excluding hydrogens is 298 g/mol. The average Bonchev–Trinajstić information content (AvgIpc) is 2.99. The summed E-state index contributed by atoms with van der Waals surface area (Å²) in [5.74, 6) is 0.537. The van der Waals surface area contributed by atoms with Gasteiger partial charge in [0, 0.05) is 31.4 Å². The lowest BCUT2D eigenvalue weighted by Gasteiger charge is -2.18. The molecule has 2 saturated carbocycles. The number of hydrogen-bond acceptors (Lipinski definition) is 5. The zero-order valence-corrected chi connectivity index (χ0v) is 13.9. The second-order valence-corrected chi connectivity index (χ2v) is 7.32. The van der Waals surface area contributed by atoms with Crippen LogP contribution in [-0.4, -0.2) is 34.7 Å². The highest BCUT2D eigenvalue weighted by Gasteiger charge is 2.33. The molecule has 2 fully saturated rings. The molecule has 5 nitrogen and oxygen atoms in total. The average molecular weight is 323 g/mol. The van der Waals surface area contributed by atoms with Crippen molar-refractivity contribution >= 4 is 22.4 Å². The first-order valence-electron chi connectivity index (χ1n) is 8.28. The highest BCUT2D eigenvalue weighted by molar-refractivity contribution is 7.14. The van der Waals surface area contributed by atoms with E-state index in [-0.39, 0.29) is 12.0 Å². The number of nitrogens with zero attached hydrogens (tertiary/aromatic N) is 2. The van der Waals surface area contributed by atoms with Crippen LogP contribution in [0.15, 0.2) is 5.38 Å². The number of nitrogens with one attached hydrogen (secondary N) is 1. The molecule has 1 aromatic heterocycles. The zero-order valence-electron chi connectivity index (χ0n) is 13.1. The summed E-state index contributed by atoms with van der Waals surface area (Å²) in [6.45, 7) is 2.88. The molecule has 1 heterocycles. The van der Waals surface area contributed by atoms with E-state index >= 15 is 0 Å². The first kappa shape index (κ1) is 15.9. The van der Waals surface area contributed by atoms with E-state index in [1.807, 2.05) is 10.3 Å². The Morgan fingerprint density at radius 3 is 2.82 bits per heavy atom. The van der Waals surface area contributed by atoms with Crippen molar-refractivity contribution in [1.82, 2.24) is 10.3 Å². The predicted octanol–water partition coefficient (Wildman–Crippen LogP) is 2.30. The zero-order chi connectivity index (χ0) is 15.5. The SMILES string of the molecule is CC(=O)N(c1nc(CNCC(O)C2CCCC2)cs1)C1CC1. The van der Waals surface area contributed by atoms with Crippen molar-refractivity contribution in [2.24, 2.45) is 5.92 Å². The summed E-state index contributed by atoms with van der Waals surface area (Å²) in [4.78, 5) is 18.1. The predicted molar refractivity (Wildman–Crippen MR) is 88.0 cm³/mol. The number of aliphatic hydroxyl groups is 1. The van der Waals surface area contributed by atoms with Gasteiger partial charge in [0.05, 0.1) is 11.8 Å². The summed E-state index contributed by atoms with van der Waals surface area (Å²) in [7, 11) is 0. The summed E-state index contributed by atoms with van der Waals surface area (Å²) >= 11 is 1.53. The van der Waals surface area contributed by atoms with Crippen LogP contribution < -0.4 is 10.2 Å². The van der Waals surface area contributed by atoms with Gasteiger partial charge in [0.25, 0.3) is 0 Å². The number of thiazole rings is 1. The molecule has 1 atom stereocenters. The van der Waals surface area contributed by atoms with Gasteiger partial charge in [-0.05, 0) is 31.6 Å². The van der Waals surface area contributed by atoms with E-state index in [1.165, 1.54) is 24.2 Å². The molecule has 122 valence electrons. The number of rotatable bonds is 7. The summed E-state index contributed by atoms with van der Waals surface area (Å²) in [5, 5.41) is 16.2. The second-order valence-electron chi connectivity index (χ2n) is 6.48. The van der Waals surface area contributed by atoms with Crippen molar-refractivity contribution in [3.63, 3.8) is 0 Å². The smallest absolute Gasteiger partial charge is 0.225 e. The van der Waals surface area contributed by atoms with Crippen molar-refractivity contribution in [2.75, 3.05) is 11.4 Å². The maximum absolute atomic E-state index is 11.7. The minimum atomic E-state index is -0.249. The molecule has 0 radical (unpaired) electrons. The largest absolute Gasteiger partial charge is 0.392 e. The lowest BCUT2D eigenvalue weighted by Crippen LogP contribution is -2.32. The van der Waals surface area contributed by atoms with Crippen LogP contribution in [0, 0.1) is 5.92 Å². The third kappa shape index (κ3) is 3.86. The number of hydrogen-bond donors (Lipinski definition) is 2. The quantitative estimate of drug-likeness (QED) is 0.808. The molecule has 2 N–H and O–H groups in total. The van der Waals surface area contributed by atoms with Gasteiger partial charge in [-0.15, -0.1) is 11.3 Å². The van der Waals surface area contributed by atoms with Crippen LogP contribution in [0.1, 0.15) is 51.1 Å². The third-order valence-electron chi connectivity index (χ3n) is 4.60. The highest BCUT2D eigenvalue weighted by Crippen LogP contribution is 2.33. The molecule has 22 heavy (non-hydrogen) atoms. The molecule has 0 aromatic carbocycles. The van der Waals surface area contributed by atoms with E-state index in [0.29, 0.717) is 25.0 Å². The van der Waals surface area contributed by atoms with E-state index < -0.39 is 0 Å². The first-order valence-corrected chi connectivity index (χ1v) is 9.16. The fourth-order valence-electron chi connectivity index (χ4n) is 3.23. The highest BCUT2D eigenvalue weighted by atomic mass is 32.1. The molecule has 1 aromatic rings. The maximum Gasteiger partial charge on any atom is 0.225 e. The fraction of sp³-hybridized carbons (Fsp3) is 0.750. The minimum Gasteiger partial charge on any atom is -0.392 e. The van der Waals surface area contributed by atoms with Crippen molar-refractivity contribution in [3.8, 4) is 0 Å². The third-order valence-corrected chi connectivity index (χ3v) is 5.49. The van der Waals surface area contributed by atoms with Crippen LogP contribution in [0.2, 0.25) is 0 Å². The standard InChI is InChI=1S/C16H25N3O2S/c1-11(20)19(14-6-7-14)16-18-13(10-22-16)8-17-9-15(21)12-4-2-3-5-12/h10,12,14-15,17,21H,2-9H2,1H3. The van der Waals surface area contributed by atoms with Crippen LogP contribution in [0.3, 0.4) is 0 Å². The van der Waals surface area contributed by atoms with Gasteiger partial charge in [0.1, 0.15) is 0 Å². The van der Waals surface area contributed by atoms with Gasteiger partial charge in [-0.1, -0.05) is 12.8 Å². The Bertz CT molecular complexity index is 509. The Hall–Kier alpha value is -0.980. The van der Waals surface area contributed by atoms with E-state index in [1.54, 1.807) is 6.92 Å². The van der Waals surface area contributed by atoms with E-state index in [4.69, 9.17) is 0 Å². The molecule has 1 amide bonds. The number of anilines is 1. The van der Waals surface area contributed by atoms with Crippen LogP contribution in [0.25, 0.3) is 0 Å². The van der Waals surface area contributed by atoms with Gasteiger partial charge < -0.3 is 10.4 Å². The summed E-state index contributed by atoms with van der Waals surface area (Å²) in [6, 6.07) is 0.355. The molecule has 0 spiro atoms. The van der Waals surface area contributed by atoms with Crippen LogP contribution >= 0.6 is 11.3 Å². The Morgan fingerprint density at radius 1 is 1.45 bits per heavy atom. The van der Waals surface area contributed by atoms with E-state index in [9.17, 15) is 9.90 Å². The second kappa shape index (κ2) is 7.06. The van der Waals surface area contributed by atoms with Crippen molar-refractivity contribution < 1.29 is 9.90 Å². The van der Waals surface area contributed by atoms with Gasteiger partial charge >= 0.3 is 0 Å². The Labute approximate surface area is 135 Å². The van der Waals surface area contributed by atoms with Crippen LogP contribution in [0.4, 0.5) is 5.13 Å². The molecule has 1 unspecified atom stereocenters. The summed E-state index contributed by atoms with van der Waals surface area (Å²) < 4.78 is 0. The number of carbonyl (C=O) groups excluding carboxylic acids is 1. The van der Waals surface area contributed by atoms with Gasteiger partial charge in [-0.25, -0.2) is 4.98 Å². The fourth-order valence-corrected chi connectivity index (χ4v) is 4.16. The lowest BCUT2D eigenvalue weighted by molar-refractivity contribution is -0.116. The first-order chi connectivity index (χ1) is 10.6. The van der Waals surface area contributed by atoms with Crippen LogP contribution in [0.5, 0.6) is 0 Å². The molecule has 0 aliphatic heterocycles. The topological polar surface area (TPSA) is 65.5 Å². The summed E-state index contributed by atoms with van der Waals surface area (Å²) in [6.07, 6.45) is 6.72. The minimum absolute atomic E-state index is 0.0769. The Balaban J connectivity index is 1.48. The number of carbonyl (C=O) groups is 1. The van der Waals surface area contributed by atoms with Gasteiger partial charge in [-0.2, -0.15) is 0 Å². The van der Waals surface area contributed by atoms with E-state index in [0.717, 1.165) is 36.5 Å². The molecule has 3 rings (SSSR count). The van der Waals surface area contributed by atoms with Crippen molar-refractivity contribution in [1.29, 1.82) is 0 Å². The molecule has 2 aliphatic rings. The Kier molecular flexibility index (Phi) is 5.10. The number of amides is 1. The van der Waals surface area contributed by atoms with Crippen molar-refractivity contribution in [3.05, 3.63) is 11.1 Å². The normalized spacial score (nSPS) is 20.3. The number of aromatic nitrogens is 1. The van der Waals surface area contributed by atoms with Gasteiger partial charge in [0.15, 0.2) is 5.13 Å². The lowest BCUT2D eigenvalue weighted by atomic mass is 10.0. The van der Waals surface area contributed by atoms with Crippen LogP contribution in [-0.2, 0) is 11.3 Å². The van der Waals surface area contributed by atoms with Crippen molar-refractivity contribution in [2.45, 2.75) is 64.1 Å². The summed E-state index contributed by atoms with van der Waals surface area (Å²) in [5.41, 5.74) is 0.950. The molecule has 0 saturated heterocycles. The van der Waals surface area contributed by atoms with E-state index in [2.05, 4.69) is 10.3 Å². The Morgan fingerprint density at radius 2 is 2.18 bits per heavy atom. The number of aliphatic hydroxyl groups excluding tert-OH is 1. The van der Waals surface area contributed by atoms with Gasteiger partial charge in [0.2, 0.25) is 5.91 Å². The maximum atomic E-state index is 11.7. The molecular formula is C16H25N3O2S. The molecule has 6 heteroatoms. The molecule has 2 aliphatic carbocycles.